The van der Waals surface area contributed by atoms with Crippen molar-refractivity contribution < 1.29 is 14.3 Å². The minimum Gasteiger partial charge on any atom is -0.497 e. The number of aromatic nitrogens is 4. The number of fused-ring (bicyclic) bond motifs is 4. The number of carbonyl (C=O) groups is 1. The van der Waals surface area contributed by atoms with Crippen molar-refractivity contribution in [3.8, 4) is 17.3 Å². The van der Waals surface area contributed by atoms with E-state index in [-0.39, 0.29) is 23.0 Å². The van der Waals surface area contributed by atoms with Crippen LogP contribution in [0.3, 0.4) is 0 Å². The molecule has 10 heteroatoms. The van der Waals surface area contributed by atoms with Crippen LogP contribution in [-0.2, 0) is 11.3 Å². The van der Waals surface area contributed by atoms with E-state index in [1.165, 1.54) is 0 Å². The molecule has 2 aromatic heterocycles. The topological polar surface area (TPSA) is 82.4 Å². The lowest BCUT2D eigenvalue weighted by Gasteiger charge is -2.45. The number of ether oxygens (including phenoxy) is 2. The molecule has 2 aliphatic heterocycles. The number of methoxy groups -OCH3 is 1. The van der Waals surface area contributed by atoms with Crippen molar-refractivity contribution in [2.75, 3.05) is 20.3 Å². The van der Waals surface area contributed by atoms with Gasteiger partial charge in [-0.1, -0.05) is 29.3 Å². The Kier molecular flexibility index (Phi) is 4.85. The normalized spacial score (nSPS) is 20.0. The molecule has 30 heavy (non-hydrogen) atoms. The van der Waals surface area contributed by atoms with Crippen LogP contribution in [0.1, 0.15) is 22.2 Å². The Balaban J connectivity index is 1.55. The molecular formula is C20H17Cl2N5O3. The third-order valence-corrected chi connectivity index (χ3v) is 6.22. The number of nitrogens with zero attached hydrogens (tertiary/aromatic N) is 5. The maximum atomic E-state index is 13.4. The van der Waals surface area contributed by atoms with Gasteiger partial charge >= 0.3 is 0 Å². The van der Waals surface area contributed by atoms with Crippen LogP contribution in [-0.4, -0.2) is 56.9 Å². The van der Waals surface area contributed by atoms with Gasteiger partial charge in [0.2, 0.25) is 0 Å². The number of hydrogen-bond acceptors (Lipinski definition) is 6. The molecule has 0 aliphatic carbocycles. The second kappa shape index (κ2) is 7.54. The van der Waals surface area contributed by atoms with E-state index in [0.29, 0.717) is 53.4 Å². The van der Waals surface area contributed by atoms with Crippen LogP contribution in [0.4, 0.5) is 0 Å². The van der Waals surface area contributed by atoms with E-state index < -0.39 is 0 Å². The molecule has 154 valence electrons. The molecule has 1 aromatic carbocycles. The quantitative estimate of drug-likeness (QED) is 0.615. The highest BCUT2D eigenvalue weighted by Gasteiger charge is 2.44. The maximum Gasteiger partial charge on any atom is 0.256 e. The fourth-order valence-electron chi connectivity index (χ4n) is 3.99. The molecule has 0 unspecified atom stereocenters. The summed E-state index contributed by atoms with van der Waals surface area (Å²) in [7, 11) is 1.60. The summed E-state index contributed by atoms with van der Waals surface area (Å²) in [6.45, 7) is 1.21. The minimum atomic E-state index is -0.382. The zero-order valence-electron chi connectivity index (χ0n) is 16.0. The summed E-state index contributed by atoms with van der Waals surface area (Å²) >= 11 is 12.4. The fourth-order valence-corrected chi connectivity index (χ4v) is 4.37. The minimum absolute atomic E-state index is 0.195. The van der Waals surface area contributed by atoms with Crippen LogP contribution >= 0.6 is 23.2 Å². The average Bonchev–Trinajstić information content (AvgIpc) is 3.18. The van der Waals surface area contributed by atoms with Crippen LogP contribution in [0.2, 0.25) is 10.0 Å². The van der Waals surface area contributed by atoms with Gasteiger partial charge in [-0.3, -0.25) is 9.78 Å². The van der Waals surface area contributed by atoms with Crippen molar-refractivity contribution in [2.45, 2.75) is 18.6 Å². The lowest BCUT2D eigenvalue weighted by molar-refractivity contribution is -0.0569. The van der Waals surface area contributed by atoms with E-state index in [4.69, 9.17) is 32.7 Å². The van der Waals surface area contributed by atoms with Crippen molar-refractivity contribution >= 4 is 29.1 Å². The van der Waals surface area contributed by atoms with Gasteiger partial charge < -0.3 is 18.9 Å². The van der Waals surface area contributed by atoms with E-state index in [2.05, 4.69) is 15.2 Å². The average molecular weight is 446 g/mol. The van der Waals surface area contributed by atoms with Crippen LogP contribution in [0.25, 0.3) is 11.5 Å². The molecule has 2 atom stereocenters. The smallest absolute Gasteiger partial charge is 0.256 e. The zero-order chi connectivity index (χ0) is 20.8. The summed E-state index contributed by atoms with van der Waals surface area (Å²) in [5.41, 5.74) is 1.02. The molecule has 0 radical (unpaired) electrons. The summed E-state index contributed by atoms with van der Waals surface area (Å²) < 4.78 is 13.0. The molecule has 0 saturated carbocycles. The lowest BCUT2D eigenvalue weighted by Crippen LogP contribution is -2.56. The maximum absolute atomic E-state index is 13.4. The highest BCUT2D eigenvalue weighted by Crippen LogP contribution is 2.37. The first-order valence-electron chi connectivity index (χ1n) is 9.36. The number of hydrogen-bond donors (Lipinski definition) is 0. The highest BCUT2D eigenvalue weighted by atomic mass is 35.5. The molecule has 0 spiro atoms. The summed E-state index contributed by atoms with van der Waals surface area (Å²) in [4.78, 5) is 19.6. The molecule has 2 aliphatic rings. The predicted octanol–water partition coefficient (Wildman–Crippen LogP) is 3.25. The Morgan fingerprint density at radius 3 is 2.93 bits per heavy atom. The Morgan fingerprint density at radius 1 is 1.23 bits per heavy atom. The van der Waals surface area contributed by atoms with Crippen LogP contribution in [0, 0.1) is 0 Å². The molecule has 1 saturated heterocycles. The third kappa shape index (κ3) is 3.03. The highest BCUT2D eigenvalue weighted by molar-refractivity contribution is 6.43. The molecular weight excluding hydrogens is 429 g/mol. The first-order valence-corrected chi connectivity index (χ1v) is 10.1. The Bertz CT molecular complexity index is 1140. The second-order valence-corrected chi connectivity index (χ2v) is 7.88. The monoisotopic (exact) mass is 445 g/mol. The van der Waals surface area contributed by atoms with E-state index in [1.54, 1.807) is 42.5 Å². The van der Waals surface area contributed by atoms with E-state index >= 15 is 0 Å². The molecule has 3 aromatic rings. The summed E-state index contributed by atoms with van der Waals surface area (Å²) in [6, 6.07) is 8.06. The van der Waals surface area contributed by atoms with Crippen LogP contribution < -0.4 is 4.74 Å². The van der Waals surface area contributed by atoms with Gasteiger partial charge in [-0.15, -0.1) is 10.2 Å². The van der Waals surface area contributed by atoms with Gasteiger partial charge in [0.1, 0.15) is 17.5 Å². The number of pyridine rings is 1. The number of rotatable bonds is 3. The van der Waals surface area contributed by atoms with Gasteiger partial charge in [0.15, 0.2) is 11.6 Å². The van der Waals surface area contributed by atoms with Crippen LogP contribution in [0.5, 0.6) is 5.75 Å². The van der Waals surface area contributed by atoms with E-state index in [9.17, 15) is 4.79 Å². The fraction of sp³-hybridized carbons (Fsp3) is 0.300. The molecule has 1 fully saturated rings. The molecule has 4 heterocycles. The standard InChI is InChI=1S/C20H17Cl2N5O3/c1-29-12-5-6-23-15(7-12)18-24-25-19-16-10-30-9-11(8-26(18)19)27(16)20(28)13-3-2-4-14(21)17(13)22/h2-7,11,16H,8-10H2,1H3/t11-,16+/m0/s1. The number of carbonyl (C=O) groups excluding carboxylic acids is 1. The molecule has 0 N–H and O–H groups in total. The van der Waals surface area contributed by atoms with Crippen molar-refractivity contribution in [1.29, 1.82) is 0 Å². The number of halogens is 2. The zero-order valence-corrected chi connectivity index (χ0v) is 17.5. The lowest BCUT2D eigenvalue weighted by atomic mass is 10.0. The van der Waals surface area contributed by atoms with Gasteiger partial charge in [-0.05, 0) is 18.2 Å². The first-order chi connectivity index (χ1) is 14.6. The molecule has 1 amide bonds. The van der Waals surface area contributed by atoms with E-state index in [1.807, 2.05) is 10.6 Å². The number of benzene rings is 1. The Hall–Kier alpha value is -2.68. The Labute approximate surface area is 182 Å². The van der Waals surface area contributed by atoms with Crippen molar-refractivity contribution in [3.63, 3.8) is 0 Å². The number of amides is 1. The largest absolute Gasteiger partial charge is 0.497 e. The SMILES string of the molecule is COc1ccnc(-c2nnc3n2C[C@H]2COC[C@H]3N2C(=O)c2cccc(Cl)c2Cl)c1. The van der Waals surface area contributed by atoms with Crippen molar-refractivity contribution in [2.24, 2.45) is 0 Å². The van der Waals surface area contributed by atoms with Gasteiger partial charge in [-0.2, -0.15) is 0 Å². The van der Waals surface area contributed by atoms with Crippen molar-refractivity contribution in [3.05, 3.63) is 58.0 Å². The predicted molar refractivity (Wildman–Crippen MR) is 110 cm³/mol. The van der Waals surface area contributed by atoms with Gasteiger partial charge in [0.25, 0.3) is 5.91 Å². The summed E-state index contributed by atoms with van der Waals surface area (Å²) in [5.74, 6) is 1.77. The molecule has 8 nitrogen and oxygen atoms in total. The second-order valence-electron chi connectivity index (χ2n) is 7.09. The third-order valence-electron chi connectivity index (χ3n) is 5.40. The van der Waals surface area contributed by atoms with Gasteiger partial charge in [-0.25, -0.2) is 0 Å². The number of morpholine rings is 1. The Morgan fingerprint density at radius 2 is 2.10 bits per heavy atom. The molecule has 5 rings (SSSR count). The first kappa shape index (κ1) is 19.3. The summed E-state index contributed by atoms with van der Waals surface area (Å²) in [6.07, 6.45) is 1.67. The van der Waals surface area contributed by atoms with Crippen molar-refractivity contribution in [1.82, 2.24) is 24.6 Å². The van der Waals surface area contributed by atoms with Crippen LogP contribution in [0.15, 0.2) is 36.5 Å². The van der Waals surface area contributed by atoms with Gasteiger partial charge in [0, 0.05) is 18.8 Å². The summed E-state index contributed by atoms with van der Waals surface area (Å²) in [5, 5.41) is 9.32. The van der Waals surface area contributed by atoms with E-state index in [0.717, 1.165) is 0 Å². The van der Waals surface area contributed by atoms with Gasteiger partial charge in [0.05, 0.1) is 42.0 Å². The molecule has 2 bridgehead atoms.